The Kier molecular flexibility index (Phi) is 7.89. The Hall–Kier alpha value is -3.45. The lowest BCUT2D eigenvalue weighted by molar-refractivity contribution is 0.0631. The Labute approximate surface area is 219 Å². The third-order valence-corrected chi connectivity index (χ3v) is 6.62. The summed E-state index contributed by atoms with van der Waals surface area (Å²) in [5.41, 5.74) is 1.69. The van der Waals surface area contributed by atoms with Gasteiger partial charge in [-0.1, -0.05) is 54.9 Å². The van der Waals surface area contributed by atoms with Crippen LogP contribution in [0.4, 0.5) is 0 Å². The van der Waals surface area contributed by atoms with Crippen LogP contribution in [0.1, 0.15) is 49.4 Å². The summed E-state index contributed by atoms with van der Waals surface area (Å²) in [7, 11) is 1.58. The van der Waals surface area contributed by atoms with Crippen LogP contribution in [0, 0.1) is 5.92 Å². The van der Waals surface area contributed by atoms with Gasteiger partial charge in [0.05, 0.1) is 29.7 Å². The number of hydrogen-bond acceptors (Lipinski definition) is 4. The Morgan fingerprint density at radius 2 is 1.78 bits per heavy atom. The molecule has 0 aliphatic rings. The van der Waals surface area contributed by atoms with E-state index in [2.05, 4.69) is 29.8 Å². The van der Waals surface area contributed by atoms with Crippen molar-refractivity contribution in [1.82, 2.24) is 14.5 Å². The van der Waals surface area contributed by atoms with Gasteiger partial charge in [-0.2, -0.15) is 0 Å². The van der Waals surface area contributed by atoms with Crippen molar-refractivity contribution in [3.8, 4) is 11.4 Å². The molecule has 186 valence electrons. The summed E-state index contributed by atoms with van der Waals surface area (Å²) in [5, 5.41) is 0.536. The Balaban J connectivity index is 1.94. The van der Waals surface area contributed by atoms with Gasteiger partial charge in [-0.3, -0.25) is 14.2 Å². The Morgan fingerprint density at radius 1 is 1.06 bits per heavy atom. The van der Waals surface area contributed by atoms with Gasteiger partial charge in [-0.05, 0) is 66.9 Å². The van der Waals surface area contributed by atoms with E-state index in [-0.39, 0.29) is 17.4 Å². The molecule has 0 saturated carbocycles. The minimum atomic E-state index is -0.424. The second kappa shape index (κ2) is 11.1. The topological polar surface area (TPSA) is 64.4 Å². The van der Waals surface area contributed by atoms with Crippen LogP contribution in [-0.2, 0) is 0 Å². The van der Waals surface area contributed by atoms with Gasteiger partial charge in [0.1, 0.15) is 11.6 Å². The van der Waals surface area contributed by atoms with Gasteiger partial charge in [0, 0.05) is 16.6 Å². The lowest BCUT2D eigenvalue weighted by Crippen LogP contribution is -2.40. The Morgan fingerprint density at radius 3 is 2.44 bits per heavy atom. The van der Waals surface area contributed by atoms with E-state index in [0.717, 1.165) is 4.47 Å². The van der Waals surface area contributed by atoms with Gasteiger partial charge in [0.25, 0.3) is 11.5 Å². The highest BCUT2D eigenvalue weighted by Crippen LogP contribution is 2.29. The first-order chi connectivity index (χ1) is 17.3. The molecule has 0 saturated heterocycles. The molecule has 3 aromatic carbocycles. The number of nitrogens with zero attached hydrogens (tertiary/aromatic N) is 3. The molecule has 1 unspecified atom stereocenters. The summed E-state index contributed by atoms with van der Waals surface area (Å²) in [6, 6.07) is 21.7. The highest BCUT2D eigenvalue weighted by Gasteiger charge is 2.30. The SMILES string of the molecule is CCC(c1nc2ccccc2c(=O)n1-c1ccc(Br)cc1)N(CC(C)C)C(=O)c1cccc(OC)c1. The average Bonchev–Trinajstić information content (AvgIpc) is 2.89. The zero-order valence-electron chi connectivity index (χ0n) is 20.9. The van der Waals surface area contributed by atoms with Crippen molar-refractivity contribution in [3.63, 3.8) is 0 Å². The molecule has 0 aliphatic carbocycles. The van der Waals surface area contributed by atoms with Crippen molar-refractivity contribution in [1.29, 1.82) is 0 Å². The number of aromatic nitrogens is 2. The molecule has 1 heterocycles. The lowest BCUT2D eigenvalue weighted by atomic mass is 10.0. The van der Waals surface area contributed by atoms with Crippen molar-refractivity contribution in [2.45, 2.75) is 33.2 Å². The predicted octanol–water partition coefficient (Wildman–Crippen LogP) is 6.41. The summed E-state index contributed by atoms with van der Waals surface area (Å²) in [4.78, 5) is 34.5. The molecule has 0 fully saturated rings. The monoisotopic (exact) mass is 547 g/mol. The fraction of sp³-hybridized carbons (Fsp3) is 0.276. The number of ether oxygens (including phenoxy) is 1. The largest absolute Gasteiger partial charge is 0.497 e. The Bertz CT molecular complexity index is 1430. The number of carbonyl (C=O) groups excluding carboxylic acids is 1. The third kappa shape index (κ3) is 5.21. The maximum Gasteiger partial charge on any atom is 0.266 e. The molecule has 1 amide bonds. The molecule has 36 heavy (non-hydrogen) atoms. The quantitative estimate of drug-likeness (QED) is 0.256. The van der Waals surface area contributed by atoms with Crippen molar-refractivity contribution >= 4 is 32.7 Å². The molecule has 0 aliphatic heterocycles. The average molecular weight is 548 g/mol. The molecular formula is C29H30BrN3O3. The summed E-state index contributed by atoms with van der Waals surface area (Å²) in [5.74, 6) is 1.25. The van der Waals surface area contributed by atoms with E-state index in [9.17, 15) is 9.59 Å². The maximum atomic E-state index is 13.9. The molecule has 0 N–H and O–H groups in total. The number of halogens is 1. The van der Waals surface area contributed by atoms with E-state index in [1.165, 1.54) is 0 Å². The first-order valence-electron chi connectivity index (χ1n) is 12.1. The number of methoxy groups -OCH3 is 1. The van der Waals surface area contributed by atoms with Crippen LogP contribution >= 0.6 is 15.9 Å². The van der Waals surface area contributed by atoms with Crippen LogP contribution in [0.15, 0.2) is 82.1 Å². The number of carbonyl (C=O) groups is 1. The first-order valence-corrected chi connectivity index (χ1v) is 12.9. The smallest absolute Gasteiger partial charge is 0.266 e. The number of hydrogen-bond donors (Lipinski definition) is 0. The van der Waals surface area contributed by atoms with Crippen molar-refractivity contribution in [2.75, 3.05) is 13.7 Å². The summed E-state index contributed by atoms with van der Waals surface area (Å²) >= 11 is 3.48. The molecule has 1 aromatic heterocycles. The van der Waals surface area contributed by atoms with Gasteiger partial charge >= 0.3 is 0 Å². The molecule has 0 bridgehead atoms. The van der Waals surface area contributed by atoms with Crippen LogP contribution in [-0.4, -0.2) is 34.0 Å². The standard InChI is InChI=1S/C29H30BrN3O3/c1-5-26(32(18-19(2)3)28(34)20-9-8-10-23(17-20)36-4)27-31-25-12-7-6-11-24(25)29(35)33(27)22-15-13-21(30)14-16-22/h6-17,19,26H,5,18H2,1-4H3. The van der Waals surface area contributed by atoms with E-state index in [0.29, 0.717) is 46.7 Å². The number of amides is 1. The molecule has 0 spiro atoms. The minimum Gasteiger partial charge on any atom is -0.497 e. The summed E-state index contributed by atoms with van der Waals surface area (Å²) in [6.45, 7) is 6.68. The normalized spacial score (nSPS) is 12.1. The molecule has 0 radical (unpaired) electrons. The fourth-order valence-electron chi connectivity index (χ4n) is 4.42. The van der Waals surface area contributed by atoms with Crippen LogP contribution in [0.25, 0.3) is 16.6 Å². The zero-order valence-corrected chi connectivity index (χ0v) is 22.5. The van der Waals surface area contributed by atoms with Gasteiger partial charge in [0.15, 0.2) is 0 Å². The highest BCUT2D eigenvalue weighted by molar-refractivity contribution is 9.10. The van der Waals surface area contributed by atoms with Gasteiger partial charge in [0.2, 0.25) is 0 Å². The third-order valence-electron chi connectivity index (χ3n) is 6.09. The van der Waals surface area contributed by atoms with Gasteiger partial charge in [-0.25, -0.2) is 4.98 Å². The van der Waals surface area contributed by atoms with E-state index >= 15 is 0 Å². The predicted molar refractivity (Wildman–Crippen MR) is 147 cm³/mol. The molecule has 1 atom stereocenters. The van der Waals surface area contributed by atoms with E-state index in [4.69, 9.17) is 9.72 Å². The van der Waals surface area contributed by atoms with Gasteiger partial charge in [-0.15, -0.1) is 0 Å². The molecule has 7 heteroatoms. The second-order valence-corrected chi connectivity index (χ2v) is 10.0. The molecule has 4 rings (SSSR count). The molecule has 4 aromatic rings. The van der Waals surface area contributed by atoms with Crippen LogP contribution in [0.2, 0.25) is 0 Å². The highest BCUT2D eigenvalue weighted by atomic mass is 79.9. The van der Waals surface area contributed by atoms with E-state index in [1.807, 2.05) is 66.4 Å². The lowest BCUT2D eigenvalue weighted by Gasteiger charge is -2.33. The van der Waals surface area contributed by atoms with E-state index in [1.54, 1.807) is 29.9 Å². The molecular weight excluding hydrogens is 518 g/mol. The minimum absolute atomic E-state index is 0.126. The van der Waals surface area contributed by atoms with Crippen LogP contribution < -0.4 is 10.3 Å². The van der Waals surface area contributed by atoms with Crippen LogP contribution in [0.5, 0.6) is 5.75 Å². The number of para-hydroxylation sites is 1. The van der Waals surface area contributed by atoms with E-state index < -0.39 is 6.04 Å². The zero-order chi connectivity index (χ0) is 25.8. The maximum absolute atomic E-state index is 13.9. The summed E-state index contributed by atoms with van der Waals surface area (Å²) < 4.78 is 7.92. The van der Waals surface area contributed by atoms with Crippen LogP contribution in [0.3, 0.4) is 0 Å². The number of fused-ring (bicyclic) bond motifs is 1. The van der Waals surface area contributed by atoms with Crippen molar-refractivity contribution < 1.29 is 9.53 Å². The fourth-order valence-corrected chi connectivity index (χ4v) is 4.69. The summed E-state index contributed by atoms with van der Waals surface area (Å²) in [6.07, 6.45) is 0.587. The van der Waals surface area contributed by atoms with Crippen molar-refractivity contribution in [3.05, 3.63) is 99.0 Å². The van der Waals surface area contributed by atoms with Gasteiger partial charge < -0.3 is 9.64 Å². The number of benzene rings is 3. The molecule has 6 nitrogen and oxygen atoms in total. The van der Waals surface area contributed by atoms with Crippen molar-refractivity contribution in [2.24, 2.45) is 5.92 Å². The number of rotatable bonds is 8. The first kappa shape index (κ1) is 25.6. The second-order valence-electron chi connectivity index (χ2n) is 9.11.